The Hall–Kier alpha value is -2.34. The third-order valence-corrected chi connectivity index (χ3v) is 4.60. The van der Waals surface area contributed by atoms with Crippen LogP contribution in [0.2, 0.25) is 0 Å². The van der Waals surface area contributed by atoms with E-state index in [4.69, 9.17) is 0 Å². The number of nitrogens with zero attached hydrogens (tertiary/aromatic N) is 2. The van der Waals surface area contributed by atoms with E-state index in [2.05, 4.69) is 43.2 Å². The number of pyridine rings is 1. The minimum Gasteiger partial charge on any atom is -0.337 e. The van der Waals surface area contributed by atoms with Crippen LogP contribution in [-0.4, -0.2) is 41.7 Å². The highest BCUT2D eigenvalue weighted by molar-refractivity contribution is 6.00. The number of anilines is 1. The van der Waals surface area contributed by atoms with Gasteiger partial charge in [0, 0.05) is 36.6 Å². The van der Waals surface area contributed by atoms with Gasteiger partial charge in [-0.2, -0.15) is 0 Å². The zero-order chi connectivity index (χ0) is 20.5. The maximum Gasteiger partial charge on any atom is 0.319 e. The number of urea groups is 1. The van der Waals surface area contributed by atoms with E-state index < -0.39 is 0 Å². The average molecular weight is 387 g/mol. The van der Waals surface area contributed by atoms with Crippen molar-refractivity contribution in [3.63, 3.8) is 0 Å². The van der Waals surface area contributed by atoms with Gasteiger partial charge in [0.2, 0.25) is 0 Å². The number of benzene rings is 1. The molecule has 0 bridgehead atoms. The van der Waals surface area contributed by atoms with E-state index >= 15 is 0 Å². The van der Waals surface area contributed by atoms with Crippen LogP contribution in [-0.2, 0) is 6.54 Å². The van der Waals surface area contributed by atoms with E-state index in [1.165, 1.54) is 0 Å². The predicted molar refractivity (Wildman–Crippen MR) is 117 cm³/mol. The first-order chi connectivity index (χ1) is 13.5. The summed E-state index contributed by atoms with van der Waals surface area (Å²) in [4.78, 5) is 27.5. The summed E-state index contributed by atoms with van der Waals surface area (Å²) in [6, 6.07) is 7.17. The average Bonchev–Trinajstić information content (AvgIpc) is 2.65. The predicted octanol–water partition coefficient (Wildman–Crippen LogP) is 3.90. The summed E-state index contributed by atoms with van der Waals surface area (Å²) in [7, 11) is 0. The number of amides is 2. The summed E-state index contributed by atoms with van der Waals surface area (Å²) >= 11 is 0. The molecule has 0 aliphatic rings. The van der Waals surface area contributed by atoms with E-state index in [0.29, 0.717) is 30.1 Å². The van der Waals surface area contributed by atoms with Gasteiger partial charge in [0.05, 0.1) is 5.69 Å². The molecule has 0 aliphatic carbocycles. The summed E-state index contributed by atoms with van der Waals surface area (Å²) in [5, 5.41) is 7.26. The van der Waals surface area contributed by atoms with Gasteiger partial charge in [-0.15, -0.1) is 0 Å². The monoisotopic (exact) mass is 386 g/mol. The maximum atomic E-state index is 12.7. The van der Waals surface area contributed by atoms with Crippen LogP contribution in [0.5, 0.6) is 0 Å². The molecule has 1 aromatic heterocycles. The van der Waals surface area contributed by atoms with Crippen molar-refractivity contribution in [3.8, 4) is 0 Å². The quantitative estimate of drug-likeness (QED) is 0.651. The highest BCUT2D eigenvalue weighted by Gasteiger charge is 2.12. The lowest BCUT2D eigenvalue weighted by atomic mass is 10.1. The normalized spacial score (nSPS) is 11.4. The molecular weight excluding hydrogens is 352 g/mol. The lowest BCUT2D eigenvalue weighted by Gasteiger charge is -2.21. The number of rotatable bonds is 10. The highest BCUT2D eigenvalue weighted by atomic mass is 16.2. The Balaban J connectivity index is 2.11. The standard InChI is InChI=1S/C22H34N4O2/c1-5-12-25(13-6-2)14-11-23-22(28)24-20-16-26(15-17(3)4)21(27)19-10-8-7-9-18(19)20/h7-10,16-17H,5-6,11-15H2,1-4H3,(H2,23,24,28). The SMILES string of the molecule is CCCN(CCC)CCNC(=O)Nc1cn(CC(C)C)c(=O)c2ccccc12. The summed E-state index contributed by atoms with van der Waals surface area (Å²) in [6.45, 7) is 12.6. The van der Waals surface area contributed by atoms with Gasteiger partial charge in [-0.25, -0.2) is 4.79 Å². The lowest BCUT2D eigenvalue weighted by molar-refractivity contribution is 0.244. The second-order valence-electron chi connectivity index (χ2n) is 7.66. The molecule has 6 heteroatoms. The first-order valence-electron chi connectivity index (χ1n) is 10.4. The topological polar surface area (TPSA) is 66.4 Å². The van der Waals surface area contributed by atoms with Gasteiger partial charge in [0.1, 0.15) is 0 Å². The lowest BCUT2D eigenvalue weighted by Crippen LogP contribution is -2.38. The van der Waals surface area contributed by atoms with Crippen molar-refractivity contribution >= 4 is 22.5 Å². The van der Waals surface area contributed by atoms with Crippen molar-refractivity contribution in [2.75, 3.05) is 31.5 Å². The molecule has 2 rings (SSSR count). The molecular formula is C22H34N4O2. The van der Waals surface area contributed by atoms with Crippen LogP contribution in [0.1, 0.15) is 40.5 Å². The van der Waals surface area contributed by atoms with Gasteiger partial charge in [-0.3, -0.25) is 4.79 Å². The zero-order valence-corrected chi connectivity index (χ0v) is 17.6. The van der Waals surface area contributed by atoms with Gasteiger partial charge in [-0.1, -0.05) is 45.9 Å². The summed E-state index contributed by atoms with van der Waals surface area (Å²) in [6.07, 6.45) is 3.97. The number of carbonyl (C=O) groups is 1. The molecule has 0 atom stereocenters. The molecule has 0 spiro atoms. The first-order valence-corrected chi connectivity index (χ1v) is 10.4. The van der Waals surface area contributed by atoms with Gasteiger partial charge in [-0.05, 0) is 37.9 Å². The van der Waals surface area contributed by atoms with E-state index in [1.54, 1.807) is 10.8 Å². The second kappa shape index (κ2) is 10.9. The number of aromatic nitrogens is 1. The smallest absolute Gasteiger partial charge is 0.319 e. The van der Waals surface area contributed by atoms with Crippen LogP contribution in [0.3, 0.4) is 0 Å². The molecule has 0 fully saturated rings. The Morgan fingerprint density at radius 3 is 2.32 bits per heavy atom. The van der Waals surface area contributed by atoms with Gasteiger partial charge >= 0.3 is 6.03 Å². The molecule has 0 aliphatic heterocycles. The largest absolute Gasteiger partial charge is 0.337 e. The van der Waals surface area contributed by atoms with Gasteiger partial charge in [0.25, 0.3) is 5.56 Å². The van der Waals surface area contributed by atoms with Gasteiger partial charge in [0.15, 0.2) is 0 Å². The molecule has 0 saturated carbocycles. The third kappa shape index (κ3) is 6.09. The Bertz CT molecular complexity index is 823. The highest BCUT2D eigenvalue weighted by Crippen LogP contribution is 2.20. The van der Waals surface area contributed by atoms with Crippen LogP contribution in [0.25, 0.3) is 10.8 Å². The van der Waals surface area contributed by atoms with Crippen molar-refractivity contribution < 1.29 is 4.79 Å². The molecule has 154 valence electrons. The molecule has 0 unspecified atom stereocenters. The van der Waals surface area contributed by atoms with E-state index in [0.717, 1.165) is 37.9 Å². The molecule has 2 amide bonds. The van der Waals surface area contributed by atoms with E-state index in [9.17, 15) is 9.59 Å². The van der Waals surface area contributed by atoms with Crippen molar-refractivity contribution in [3.05, 3.63) is 40.8 Å². The fourth-order valence-corrected chi connectivity index (χ4v) is 3.43. The third-order valence-electron chi connectivity index (χ3n) is 4.60. The van der Waals surface area contributed by atoms with Crippen LogP contribution in [0, 0.1) is 5.92 Å². The van der Waals surface area contributed by atoms with E-state index in [-0.39, 0.29) is 11.6 Å². The summed E-state index contributed by atoms with van der Waals surface area (Å²) < 4.78 is 1.69. The number of fused-ring (bicyclic) bond motifs is 1. The molecule has 6 nitrogen and oxygen atoms in total. The summed E-state index contributed by atoms with van der Waals surface area (Å²) in [5.41, 5.74) is 0.636. The Morgan fingerprint density at radius 1 is 1.07 bits per heavy atom. The van der Waals surface area contributed by atoms with Crippen LogP contribution >= 0.6 is 0 Å². The molecule has 28 heavy (non-hydrogen) atoms. The van der Waals surface area contributed by atoms with Crippen molar-refractivity contribution in [1.82, 2.24) is 14.8 Å². The van der Waals surface area contributed by atoms with Crippen LogP contribution in [0.4, 0.5) is 10.5 Å². The Kier molecular flexibility index (Phi) is 8.51. The Labute approximate surface area is 167 Å². The number of hydrogen-bond donors (Lipinski definition) is 2. The number of hydrogen-bond acceptors (Lipinski definition) is 3. The maximum absolute atomic E-state index is 12.7. The molecule has 0 radical (unpaired) electrons. The minimum absolute atomic E-state index is 0.0231. The van der Waals surface area contributed by atoms with Crippen molar-refractivity contribution in [1.29, 1.82) is 0 Å². The van der Waals surface area contributed by atoms with Crippen molar-refractivity contribution in [2.24, 2.45) is 5.92 Å². The van der Waals surface area contributed by atoms with Crippen molar-refractivity contribution in [2.45, 2.75) is 47.1 Å². The Morgan fingerprint density at radius 2 is 1.71 bits per heavy atom. The molecule has 2 N–H and O–H groups in total. The molecule has 1 aromatic carbocycles. The number of carbonyl (C=O) groups excluding carboxylic acids is 1. The number of nitrogens with one attached hydrogen (secondary N) is 2. The fourth-order valence-electron chi connectivity index (χ4n) is 3.43. The zero-order valence-electron chi connectivity index (χ0n) is 17.6. The first kappa shape index (κ1) is 22.0. The molecule has 2 aromatic rings. The molecule has 1 heterocycles. The minimum atomic E-state index is -0.243. The molecule has 0 saturated heterocycles. The van der Waals surface area contributed by atoms with E-state index in [1.807, 2.05) is 24.3 Å². The second-order valence-corrected chi connectivity index (χ2v) is 7.66. The summed E-state index contributed by atoms with van der Waals surface area (Å²) in [5.74, 6) is 0.337. The van der Waals surface area contributed by atoms with Crippen LogP contribution < -0.4 is 16.2 Å². The van der Waals surface area contributed by atoms with Gasteiger partial charge < -0.3 is 20.1 Å². The fraction of sp³-hybridized carbons (Fsp3) is 0.545. The van der Waals surface area contributed by atoms with Crippen LogP contribution in [0.15, 0.2) is 35.3 Å².